The predicted molar refractivity (Wildman–Crippen MR) is 109 cm³/mol. The normalized spacial score (nSPS) is 15.4. The first-order valence-corrected chi connectivity index (χ1v) is 11.0. The van der Waals surface area contributed by atoms with Crippen LogP contribution in [0.2, 0.25) is 0 Å². The molecule has 1 fully saturated rings. The number of rotatable bonds is 7. The summed E-state index contributed by atoms with van der Waals surface area (Å²) >= 11 is 0. The third kappa shape index (κ3) is 4.72. The van der Waals surface area contributed by atoms with Crippen molar-refractivity contribution >= 4 is 15.8 Å². The van der Waals surface area contributed by atoms with Gasteiger partial charge in [0, 0.05) is 38.6 Å². The number of hydrogen-bond acceptors (Lipinski definition) is 7. The largest absolute Gasteiger partial charge is 0.492 e. The zero-order valence-corrected chi connectivity index (χ0v) is 16.6. The monoisotopic (exact) mass is 414 g/mol. The van der Waals surface area contributed by atoms with Crippen molar-refractivity contribution in [3.63, 3.8) is 0 Å². The molecule has 0 radical (unpaired) electrons. The Labute approximate surface area is 169 Å². The van der Waals surface area contributed by atoms with Crippen LogP contribution < -0.4 is 9.64 Å². The smallest absolute Gasteiger partial charge is 0.217 e. The third-order valence-electron chi connectivity index (χ3n) is 4.71. The summed E-state index contributed by atoms with van der Waals surface area (Å²) in [7, 11) is -3.36. The second kappa shape index (κ2) is 8.58. The molecule has 1 aromatic carbocycles. The number of sulfonamides is 1. The number of piperazine rings is 1. The van der Waals surface area contributed by atoms with Gasteiger partial charge in [-0.25, -0.2) is 13.4 Å². The van der Waals surface area contributed by atoms with E-state index in [1.807, 2.05) is 47.4 Å². The van der Waals surface area contributed by atoms with Crippen LogP contribution in [0.15, 0.2) is 61.2 Å². The van der Waals surface area contributed by atoms with E-state index in [1.165, 1.54) is 4.31 Å². The molecule has 1 aliphatic heterocycles. The maximum absolute atomic E-state index is 12.6. The Hall–Kier alpha value is -2.98. The molecule has 3 heterocycles. The first-order valence-electron chi connectivity index (χ1n) is 9.34. The van der Waals surface area contributed by atoms with Gasteiger partial charge in [0.25, 0.3) is 0 Å². The van der Waals surface area contributed by atoms with Crippen molar-refractivity contribution in [1.29, 1.82) is 0 Å². The highest BCUT2D eigenvalue weighted by molar-refractivity contribution is 7.89. The van der Waals surface area contributed by atoms with Gasteiger partial charge in [0.1, 0.15) is 18.7 Å². The van der Waals surface area contributed by atoms with E-state index in [0.717, 1.165) is 5.82 Å². The van der Waals surface area contributed by atoms with Crippen LogP contribution in [0.4, 0.5) is 5.82 Å². The number of aromatic nitrogens is 4. The maximum atomic E-state index is 12.6. The van der Waals surface area contributed by atoms with Gasteiger partial charge in [-0.3, -0.25) is 4.57 Å². The molecule has 0 amide bonds. The fourth-order valence-corrected chi connectivity index (χ4v) is 4.40. The van der Waals surface area contributed by atoms with Gasteiger partial charge >= 0.3 is 0 Å². The molecule has 0 bridgehead atoms. The Morgan fingerprint density at radius 1 is 0.931 bits per heavy atom. The zero-order chi connectivity index (χ0) is 20.1. The molecule has 0 spiro atoms. The van der Waals surface area contributed by atoms with Gasteiger partial charge in [-0.2, -0.15) is 4.31 Å². The Morgan fingerprint density at radius 2 is 1.66 bits per heavy atom. The molecule has 10 heteroatoms. The van der Waals surface area contributed by atoms with E-state index in [-0.39, 0.29) is 12.4 Å². The van der Waals surface area contributed by atoms with Crippen LogP contribution in [-0.2, 0) is 10.0 Å². The Balaban J connectivity index is 1.29. The first-order chi connectivity index (χ1) is 14.1. The quantitative estimate of drug-likeness (QED) is 0.573. The second-order valence-corrected chi connectivity index (χ2v) is 8.67. The molecule has 0 N–H and O–H groups in total. The van der Waals surface area contributed by atoms with Crippen molar-refractivity contribution in [3.8, 4) is 11.6 Å². The molecular formula is C19H22N6O3S. The molecule has 1 aliphatic rings. The molecule has 0 aliphatic carbocycles. The molecule has 1 saturated heterocycles. The van der Waals surface area contributed by atoms with Crippen LogP contribution in [0.1, 0.15) is 0 Å². The highest BCUT2D eigenvalue weighted by Gasteiger charge is 2.27. The molecular weight excluding hydrogens is 392 g/mol. The van der Waals surface area contributed by atoms with E-state index in [0.29, 0.717) is 37.7 Å². The summed E-state index contributed by atoms with van der Waals surface area (Å²) in [5, 5.41) is 8.48. The lowest BCUT2D eigenvalue weighted by atomic mass is 10.3. The molecule has 29 heavy (non-hydrogen) atoms. The molecule has 9 nitrogen and oxygen atoms in total. The van der Waals surface area contributed by atoms with Crippen molar-refractivity contribution in [2.45, 2.75) is 0 Å². The van der Waals surface area contributed by atoms with Crippen molar-refractivity contribution in [2.24, 2.45) is 0 Å². The van der Waals surface area contributed by atoms with E-state index in [9.17, 15) is 8.42 Å². The van der Waals surface area contributed by atoms with Gasteiger partial charge in [-0.1, -0.05) is 18.2 Å². The summed E-state index contributed by atoms with van der Waals surface area (Å²) in [5.74, 6) is 2.05. The minimum absolute atomic E-state index is 0.0404. The van der Waals surface area contributed by atoms with Crippen LogP contribution >= 0.6 is 0 Å². The number of benzene rings is 1. The van der Waals surface area contributed by atoms with Gasteiger partial charge in [-0.05, 0) is 24.3 Å². The average molecular weight is 414 g/mol. The van der Waals surface area contributed by atoms with Crippen LogP contribution in [0.3, 0.4) is 0 Å². The molecule has 0 saturated carbocycles. The van der Waals surface area contributed by atoms with Gasteiger partial charge in [0.05, 0.1) is 5.75 Å². The van der Waals surface area contributed by atoms with E-state index < -0.39 is 10.0 Å². The first kappa shape index (κ1) is 19.3. The highest BCUT2D eigenvalue weighted by atomic mass is 32.2. The van der Waals surface area contributed by atoms with Gasteiger partial charge in [0.15, 0.2) is 11.6 Å². The number of para-hydroxylation sites is 1. The third-order valence-corrected chi connectivity index (χ3v) is 6.55. The van der Waals surface area contributed by atoms with E-state index >= 15 is 0 Å². The Morgan fingerprint density at radius 3 is 2.31 bits per heavy atom. The summed E-state index contributed by atoms with van der Waals surface area (Å²) in [6.45, 7) is 2.10. The summed E-state index contributed by atoms with van der Waals surface area (Å²) < 4.78 is 34.0. The van der Waals surface area contributed by atoms with Crippen molar-refractivity contribution in [2.75, 3.05) is 43.4 Å². The summed E-state index contributed by atoms with van der Waals surface area (Å²) in [4.78, 5) is 6.03. The molecule has 0 atom stereocenters. The van der Waals surface area contributed by atoms with Crippen molar-refractivity contribution < 1.29 is 13.2 Å². The molecule has 152 valence electrons. The lowest BCUT2D eigenvalue weighted by Gasteiger charge is -2.34. The molecule has 4 rings (SSSR count). The van der Waals surface area contributed by atoms with Gasteiger partial charge < -0.3 is 9.64 Å². The minimum Gasteiger partial charge on any atom is -0.492 e. The maximum Gasteiger partial charge on any atom is 0.217 e. The van der Waals surface area contributed by atoms with Crippen molar-refractivity contribution in [1.82, 2.24) is 24.1 Å². The predicted octanol–water partition coefficient (Wildman–Crippen LogP) is 1.19. The molecule has 3 aromatic rings. The second-order valence-electron chi connectivity index (χ2n) is 6.58. The summed E-state index contributed by atoms with van der Waals surface area (Å²) in [5.41, 5.74) is 0. The zero-order valence-electron chi connectivity index (χ0n) is 15.8. The lowest BCUT2D eigenvalue weighted by Crippen LogP contribution is -2.50. The number of hydrogen-bond donors (Lipinski definition) is 0. The highest BCUT2D eigenvalue weighted by Crippen LogP contribution is 2.16. The van der Waals surface area contributed by atoms with Crippen LogP contribution in [0.5, 0.6) is 5.75 Å². The standard InChI is InChI=1S/C19H22N6O3S/c26-29(27,15-14-28-17-4-2-1-3-5-17)25-12-10-23(11-13-25)18-6-7-19(22-21-18)24-9-8-20-16-24/h1-9,16H,10-15H2. The fourth-order valence-electron chi connectivity index (χ4n) is 3.13. The number of imidazole rings is 1. The van der Waals surface area contributed by atoms with E-state index in [2.05, 4.69) is 15.2 Å². The molecule has 0 unspecified atom stereocenters. The van der Waals surface area contributed by atoms with Gasteiger partial charge in [0.2, 0.25) is 10.0 Å². The van der Waals surface area contributed by atoms with Crippen LogP contribution in [-0.4, -0.2) is 71.0 Å². The van der Waals surface area contributed by atoms with Crippen molar-refractivity contribution in [3.05, 3.63) is 61.2 Å². The fraction of sp³-hybridized carbons (Fsp3) is 0.316. The SMILES string of the molecule is O=S(=O)(CCOc1ccccc1)N1CCN(c2ccc(-n3ccnc3)nn2)CC1. The number of anilines is 1. The average Bonchev–Trinajstić information content (AvgIpc) is 3.30. The van der Waals surface area contributed by atoms with E-state index in [4.69, 9.17) is 4.74 Å². The van der Waals surface area contributed by atoms with E-state index in [1.54, 1.807) is 23.3 Å². The van der Waals surface area contributed by atoms with Gasteiger partial charge in [-0.15, -0.1) is 10.2 Å². The minimum atomic E-state index is -3.36. The topological polar surface area (TPSA) is 93.5 Å². The van der Waals surface area contributed by atoms with Crippen LogP contribution in [0.25, 0.3) is 5.82 Å². The number of ether oxygens (including phenoxy) is 1. The number of nitrogens with zero attached hydrogens (tertiary/aromatic N) is 6. The van der Waals surface area contributed by atoms with Crippen LogP contribution in [0, 0.1) is 0 Å². The Kier molecular flexibility index (Phi) is 5.72. The molecule has 2 aromatic heterocycles. The summed E-state index contributed by atoms with van der Waals surface area (Å²) in [6.07, 6.45) is 5.14. The Bertz CT molecular complexity index is 1000. The summed E-state index contributed by atoms with van der Waals surface area (Å²) in [6, 6.07) is 13.0. The lowest BCUT2D eigenvalue weighted by molar-refractivity contribution is 0.331.